The molecule has 0 spiro atoms. The zero-order valence-corrected chi connectivity index (χ0v) is 15.3. The summed E-state index contributed by atoms with van der Waals surface area (Å²) in [5.41, 5.74) is 1.59. The molecule has 1 atom stereocenters. The molecule has 3 rings (SSSR count). The smallest absolute Gasteiger partial charge is 0.261 e. The van der Waals surface area contributed by atoms with Crippen LogP contribution in [0.25, 0.3) is 0 Å². The Labute approximate surface area is 149 Å². The van der Waals surface area contributed by atoms with Crippen molar-refractivity contribution in [2.75, 3.05) is 17.9 Å². The highest BCUT2D eigenvalue weighted by Crippen LogP contribution is 2.33. The highest BCUT2D eigenvalue weighted by Gasteiger charge is 2.17. The topological polar surface area (TPSA) is 64.6 Å². The number of nitrogens with one attached hydrogen (secondary N) is 1. The fourth-order valence-electron chi connectivity index (χ4n) is 2.65. The van der Waals surface area contributed by atoms with E-state index in [0.717, 1.165) is 18.4 Å². The van der Waals surface area contributed by atoms with E-state index in [9.17, 15) is 8.42 Å². The Kier molecular flexibility index (Phi) is 5.18. The molecule has 0 fully saturated rings. The molecule has 2 aromatic carbocycles. The molecule has 25 heavy (non-hydrogen) atoms. The predicted molar refractivity (Wildman–Crippen MR) is 98.0 cm³/mol. The van der Waals surface area contributed by atoms with E-state index in [-0.39, 0.29) is 4.90 Å². The summed E-state index contributed by atoms with van der Waals surface area (Å²) in [4.78, 5) is 0.242. The highest BCUT2D eigenvalue weighted by molar-refractivity contribution is 7.92. The van der Waals surface area contributed by atoms with Crippen molar-refractivity contribution in [2.24, 2.45) is 0 Å². The van der Waals surface area contributed by atoms with Gasteiger partial charge in [0.25, 0.3) is 10.0 Å². The molecule has 0 saturated heterocycles. The quantitative estimate of drug-likeness (QED) is 0.868. The normalized spacial score (nSPS) is 15.3. The summed E-state index contributed by atoms with van der Waals surface area (Å²) >= 11 is 0. The second-order valence-corrected chi connectivity index (χ2v) is 7.88. The monoisotopic (exact) mass is 361 g/mol. The maximum atomic E-state index is 12.6. The number of anilines is 1. The van der Waals surface area contributed by atoms with Crippen LogP contribution in [0.3, 0.4) is 0 Å². The summed E-state index contributed by atoms with van der Waals surface area (Å²) in [5.74, 6) is 1.61. The molecule has 0 saturated carbocycles. The van der Waals surface area contributed by atoms with Gasteiger partial charge in [-0.15, -0.1) is 0 Å². The summed E-state index contributed by atoms with van der Waals surface area (Å²) in [7, 11) is -3.64. The van der Waals surface area contributed by atoms with Gasteiger partial charge >= 0.3 is 0 Å². The molecule has 0 unspecified atom stereocenters. The number of hydrogen-bond donors (Lipinski definition) is 1. The third kappa shape index (κ3) is 4.07. The number of rotatable bonds is 5. The van der Waals surface area contributed by atoms with E-state index in [4.69, 9.17) is 9.47 Å². The Morgan fingerprint density at radius 2 is 1.72 bits per heavy atom. The maximum absolute atomic E-state index is 12.6. The average Bonchev–Trinajstić information content (AvgIpc) is 2.85. The number of hydrogen-bond acceptors (Lipinski definition) is 4. The fourth-order valence-corrected chi connectivity index (χ4v) is 3.70. The van der Waals surface area contributed by atoms with E-state index >= 15 is 0 Å². The second-order valence-electron chi connectivity index (χ2n) is 6.20. The van der Waals surface area contributed by atoms with E-state index in [0.29, 0.717) is 36.3 Å². The van der Waals surface area contributed by atoms with Gasteiger partial charge in [0.1, 0.15) is 0 Å². The molecular formula is C19H23NO4S. The van der Waals surface area contributed by atoms with Crippen molar-refractivity contribution in [3.8, 4) is 11.5 Å². The van der Waals surface area contributed by atoms with Crippen molar-refractivity contribution in [3.63, 3.8) is 0 Å². The van der Waals surface area contributed by atoms with Gasteiger partial charge in [0.05, 0.1) is 23.8 Å². The first kappa shape index (κ1) is 17.6. The van der Waals surface area contributed by atoms with Crippen LogP contribution in [0.15, 0.2) is 47.4 Å². The Morgan fingerprint density at radius 3 is 2.40 bits per heavy atom. The summed E-state index contributed by atoms with van der Waals surface area (Å²) in [6.07, 6.45) is 1.82. The lowest BCUT2D eigenvalue weighted by Crippen LogP contribution is -2.13. The van der Waals surface area contributed by atoms with Crippen molar-refractivity contribution >= 4 is 15.7 Å². The molecule has 6 heteroatoms. The van der Waals surface area contributed by atoms with Gasteiger partial charge in [-0.3, -0.25) is 4.72 Å². The van der Waals surface area contributed by atoms with Gasteiger partial charge in [-0.05, 0) is 42.2 Å². The van der Waals surface area contributed by atoms with Crippen LogP contribution in [0.5, 0.6) is 11.5 Å². The first-order valence-electron chi connectivity index (χ1n) is 8.52. The lowest BCUT2D eigenvalue weighted by molar-refractivity contribution is 0.297. The standard InChI is InChI=1S/C19H23NO4S/c1-3-14(2)15-5-8-17(9-6-15)25(21,22)20-16-7-10-18-19(13-16)24-12-4-11-23-18/h5-10,13-14,20H,3-4,11-12H2,1-2H3/t14-/m1/s1. The first-order valence-corrected chi connectivity index (χ1v) is 10.0. The molecule has 0 amide bonds. The summed E-state index contributed by atoms with van der Waals surface area (Å²) in [5, 5.41) is 0. The number of sulfonamides is 1. The molecule has 2 aromatic rings. The third-order valence-corrected chi connectivity index (χ3v) is 5.77. The van der Waals surface area contributed by atoms with E-state index in [1.807, 2.05) is 12.1 Å². The van der Waals surface area contributed by atoms with Crippen LogP contribution in [0.4, 0.5) is 5.69 Å². The molecule has 1 aliphatic heterocycles. The van der Waals surface area contributed by atoms with Crippen molar-refractivity contribution in [2.45, 2.75) is 37.5 Å². The molecule has 1 aliphatic rings. The van der Waals surface area contributed by atoms with Crippen molar-refractivity contribution in [1.29, 1.82) is 0 Å². The van der Waals surface area contributed by atoms with Crippen molar-refractivity contribution in [3.05, 3.63) is 48.0 Å². The van der Waals surface area contributed by atoms with Crippen LogP contribution in [-0.4, -0.2) is 21.6 Å². The summed E-state index contributed by atoms with van der Waals surface area (Å²) in [6.45, 7) is 5.39. The lowest BCUT2D eigenvalue weighted by Gasteiger charge is -2.13. The van der Waals surface area contributed by atoms with Crippen LogP contribution in [-0.2, 0) is 10.0 Å². The maximum Gasteiger partial charge on any atom is 0.261 e. The summed E-state index contributed by atoms with van der Waals surface area (Å²) in [6, 6.07) is 12.1. The predicted octanol–water partition coefficient (Wildman–Crippen LogP) is 4.16. The highest BCUT2D eigenvalue weighted by atomic mass is 32.2. The second kappa shape index (κ2) is 7.35. The minimum atomic E-state index is -3.64. The first-order chi connectivity index (χ1) is 12.0. The van der Waals surface area contributed by atoms with Crippen molar-refractivity contribution < 1.29 is 17.9 Å². The van der Waals surface area contributed by atoms with E-state index in [1.165, 1.54) is 0 Å². The van der Waals surface area contributed by atoms with Gasteiger partial charge in [0.2, 0.25) is 0 Å². The molecule has 0 aliphatic carbocycles. The van der Waals surface area contributed by atoms with Gasteiger partial charge in [-0.25, -0.2) is 8.42 Å². The molecule has 0 bridgehead atoms. The molecule has 1 N–H and O–H groups in total. The molecule has 5 nitrogen and oxygen atoms in total. The van der Waals surface area contributed by atoms with Crippen molar-refractivity contribution in [1.82, 2.24) is 0 Å². The number of fused-ring (bicyclic) bond motifs is 1. The van der Waals surface area contributed by atoms with Crippen LogP contribution in [0.2, 0.25) is 0 Å². The molecule has 0 aromatic heterocycles. The molecule has 134 valence electrons. The Bertz CT molecular complexity index is 831. The van der Waals surface area contributed by atoms with Gasteiger partial charge in [0, 0.05) is 12.5 Å². The van der Waals surface area contributed by atoms with E-state index < -0.39 is 10.0 Å². The van der Waals surface area contributed by atoms with E-state index in [2.05, 4.69) is 18.6 Å². The van der Waals surface area contributed by atoms with Crippen LogP contribution < -0.4 is 14.2 Å². The van der Waals surface area contributed by atoms with Gasteiger partial charge < -0.3 is 9.47 Å². The van der Waals surface area contributed by atoms with Crippen LogP contribution in [0.1, 0.15) is 38.2 Å². The fraction of sp³-hybridized carbons (Fsp3) is 0.368. The lowest BCUT2D eigenvalue weighted by atomic mass is 9.99. The SMILES string of the molecule is CC[C@@H](C)c1ccc(S(=O)(=O)Nc2ccc3c(c2)OCCCO3)cc1. The summed E-state index contributed by atoms with van der Waals surface area (Å²) < 4.78 is 39.0. The van der Waals surface area contributed by atoms with Crippen LogP contribution in [0, 0.1) is 0 Å². The molecule has 0 radical (unpaired) electrons. The van der Waals surface area contributed by atoms with Crippen LogP contribution >= 0.6 is 0 Å². The van der Waals surface area contributed by atoms with Gasteiger partial charge in [-0.2, -0.15) is 0 Å². The largest absolute Gasteiger partial charge is 0.490 e. The Balaban J connectivity index is 1.80. The zero-order valence-electron chi connectivity index (χ0n) is 14.5. The number of benzene rings is 2. The zero-order chi connectivity index (χ0) is 17.9. The minimum absolute atomic E-state index is 0.242. The minimum Gasteiger partial charge on any atom is -0.490 e. The Hall–Kier alpha value is -2.21. The average molecular weight is 361 g/mol. The molecular weight excluding hydrogens is 338 g/mol. The number of ether oxygens (including phenoxy) is 2. The Morgan fingerprint density at radius 1 is 1.04 bits per heavy atom. The third-order valence-electron chi connectivity index (χ3n) is 4.37. The van der Waals surface area contributed by atoms with E-state index in [1.54, 1.807) is 30.3 Å². The molecule has 1 heterocycles. The van der Waals surface area contributed by atoms with Gasteiger partial charge in [-0.1, -0.05) is 26.0 Å². The van der Waals surface area contributed by atoms with Gasteiger partial charge in [0.15, 0.2) is 11.5 Å².